The van der Waals surface area contributed by atoms with Gasteiger partial charge >= 0.3 is 0 Å². The van der Waals surface area contributed by atoms with Crippen LogP contribution in [0.2, 0.25) is 0 Å². The van der Waals surface area contributed by atoms with Crippen molar-refractivity contribution in [1.82, 2.24) is 0 Å². The fraction of sp³-hybridized carbons (Fsp3) is 0.294. The summed E-state index contributed by atoms with van der Waals surface area (Å²) in [4.78, 5) is 0. The first kappa shape index (κ1) is 28.2. The first-order chi connectivity index (χ1) is 19.8. The van der Waals surface area contributed by atoms with Gasteiger partial charge in [-0.25, -0.2) is 0 Å². The Hall–Kier alpha value is -3.36. The SMILES string of the molecule is OCC1O[C@H](OCc2ccccc2)C(OCc2ccccc2)[C@@H](OCc2ccccc2)[C@@H]1OCc1ccccc1. The van der Waals surface area contributed by atoms with E-state index in [1.165, 1.54) is 0 Å². The molecule has 5 atom stereocenters. The molecule has 0 aliphatic carbocycles. The molecule has 4 aromatic carbocycles. The molecule has 0 radical (unpaired) electrons. The molecule has 0 saturated carbocycles. The minimum atomic E-state index is -0.779. The molecule has 1 heterocycles. The number of hydrogen-bond donors (Lipinski definition) is 1. The molecule has 0 spiro atoms. The van der Waals surface area contributed by atoms with E-state index in [-0.39, 0.29) is 6.61 Å². The maximum atomic E-state index is 10.4. The molecule has 2 unspecified atom stereocenters. The lowest BCUT2D eigenvalue weighted by Gasteiger charge is -2.45. The summed E-state index contributed by atoms with van der Waals surface area (Å²) in [5.41, 5.74) is 4.08. The van der Waals surface area contributed by atoms with E-state index in [0.29, 0.717) is 26.4 Å². The molecule has 1 aliphatic heterocycles. The smallest absolute Gasteiger partial charge is 0.187 e. The molecule has 1 fully saturated rings. The van der Waals surface area contributed by atoms with Gasteiger partial charge in [-0.3, -0.25) is 0 Å². The van der Waals surface area contributed by atoms with Crippen LogP contribution in [0.5, 0.6) is 0 Å². The van der Waals surface area contributed by atoms with E-state index in [4.69, 9.17) is 23.7 Å². The number of rotatable bonds is 13. The second-order valence-corrected chi connectivity index (χ2v) is 9.81. The van der Waals surface area contributed by atoms with Crippen LogP contribution < -0.4 is 0 Å². The van der Waals surface area contributed by atoms with Gasteiger partial charge in [0, 0.05) is 0 Å². The molecule has 1 aliphatic rings. The van der Waals surface area contributed by atoms with Crippen molar-refractivity contribution in [3.63, 3.8) is 0 Å². The molecule has 6 heteroatoms. The molecule has 0 aromatic heterocycles. The second-order valence-electron chi connectivity index (χ2n) is 9.81. The first-order valence-corrected chi connectivity index (χ1v) is 13.7. The minimum Gasteiger partial charge on any atom is -0.394 e. The van der Waals surface area contributed by atoms with Gasteiger partial charge in [-0.1, -0.05) is 121 Å². The maximum absolute atomic E-state index is 10.4. The van der Waals surface area contributed by atoms with E-state index in [1.807, 2.05) is 121 Å². The Bertz CT molecular complexity index is 1240. The van der Waals surface area contributed by atoms with Crippen LogP contribution in [0.1, 0.15) is 22.3 Å². The summed E-state index contributed by atoms with van der Waals surface area (Å²) in [6.45, 7) is 1.13. The van der Waals surface area contributed by atoms with Crippen molar-refractivity contribution < 1.29 is 28.8 Å². The Balaban J connectivity index is 1.41. The van der Waals surface area contributed by atoms with Gasteiger partial charge in [0.15, 0.2) is 6.29 Å². The van der Waals surface area contributed by atoms with Crippen molar-refractivity contribution in [2.75, 3.05) is 6.61 Å². The zero-order chi connectivity index (χ0) is 27.4. The van der Waals surface area contributed by atoms with Gasteiger partial charge in [0.2, 0.25) is 0 Å². The van der Waals surface area contributed by atoms with Crippen molar-refractivity contribution in [1.29, 1.82) is 0 Å². The third-order valence-corrected chi connectivity index (χ3v) is 6.88. The third-order valence-electron chi connectivity index (χ3n) is 6.88. The Morgan fingerprint density at radius 1 is 0.450 bits per heavy atom. The summed E-state index contributed by atoms with van der Waals surface area (Å²) in [6.07, 6.45) is -3.22. The highest BCUT2D eigenvalue weighted by Gasteiger charge is 2.48. The monoisotopic (exact) mass is 540 g/mol. The highest BCUT2D eigenvalue weighted by Crippen LogP contribution is 2.31. The standard InChI is InChI=1S/C34H36O6/c35-21-30-31(36-22-26-13-5-1-6-14-26)32(37-23-27-15-7-2-8-16-27)33(38-24-28-17-9-3-10-18-28)34(40-30)39-25-29-19-11-4-12-20-29/h1-20,30-35H,21-25H2/t30?,31-,32+,33?,34+/m1/s1. The van der Waals surface area contributed by atoms with Crippen LogP contribution in [0.15, 0.2) is 121 Å². The zero-order valence-electron chi connectivity index (χ0n) is 22.5. The molecule has 5 rings (SSSR count). The van der Waals surface area contributed by atoms with Gasteiger partial charge in [-0.2, -0.15) is 0 Å². The topological polar surface area (TPSA) is 66.4 Å². The van der Waals surface area contributed by atoms with Crippen LogP contribution in [0, 0.1) is 0 Å². The number of ether oxygens (including phenoxy) is 5. The molecule has 40 heavy (non-hydrogen) atoms. The molecule has 0 amide bonds. The summed E-state index contributed by atoms with van der Waals surface area (Å²) < 4.78 is 32.1. The quantitative estimate of drug-likeness (QED) is 0.236. The first-order valence-electron chi connectivity index (χ1n) is 13.7. The van der Waals surface area contributed by atoms with Gasteiger partial charge in [0.05, 0.1) is 33.0 Å². The summed E-state index contributed by atoms with van der Waals surface area (Å²) in [5, 5.41) is 10.4. The number of benzene rings is 4. The fourth-order valence-corrected chi connectivity index (χ4v) is 4.78. The second kappa shape index (κ2) is 14.9. The van der Waals surface area contributed by atoms with Gasteiger partial charge in [0.1, 0.15) is 24.4 Å². The van der Waals surface area contributed by atoms with Gasteiger partial charge in [0.25, 0.3) is 0 Å². The average Bonchev–Trinajstić information content (AvgIpc) is 3.03. The molecule has 0 bridgehead atoms. The number of aliphatic hydroxyl groups excluding tert-OH is 1. The highest BCUT2D eigenvalue weighted by molar-refractivity contribution is 5.16. The van der Waals surface area contributed by atoms with E-state index in [2.05, 4.69) is 0 Å². The summed E-state index contributed by atoms with van der Waals surface area (Å²) >= 11 is 0. The van der Waals surface area contributed by atoms with Crippen LogP contribution in [0.3, 0.4) is 0 Å². The van der Waals surface area contributed by atoms with Crippen molar-refractivity contribution in [2.45, 2.75) is 57.1 Å². The van der Waals surface area contributed by atoms with Crippen LogP contribution in [0.25, 0.3) is 0 Å². The van der Waals surface area contributed by atoms with Crippen LogP contribution in [-0.2, 0) is 50.1 Å². The van der Waals surface area contributed by atoms with Crippen molar-refractivity contribution in [3.8, 4) is 0 Å². The summed E-state index contributed by atoms with van der Waals surface area (Å²) in [6, 6.07) is 39.8. The maximum Gasteiger partial charge on any atom is 0.187 e. The normalized spacial score (nSPS) is 22.7. The Labute approximate surface area is 236 Å². The predicted octanol–water partition coefficient (Wildman–Crippen LogP) is 5.68. The Morgan fingerprint density at radius 2 is 0.800 bits per heavy atom. The largest absolute Gasteiger partial charge is 0.394 e. The molecule has 4 aromatic rings. The van der Waals surface area contributed by atoms with Crippen molar-refractivity contribution in [2.24, 2.45) is 0 Å². The van der Waals surface area contributed by atoms with Gasteiger partial charge in [-0.15, -0.1) is 0 Å². The minimum absolute atomic E-state index is 0.249. The van der Waals surface area contributed by atoms with Crippen LogP contribution >= 0.6 is 0 Å². The lowest BCUT2D eigenvalue weighted by atomic mass is 9.97. The van der Waals surface area contributed by atoms with E-state index in [0.717, 1.165) is 22.3 Å². The van der Waals surface area contributed by atoms with E-state index < -0.39 is 30.7 Å². The Morgan fingerprint density at radius 3 is 1.20 bits per heavy atom. The number of aliphatic hydroxyl groups is 1. The van der Waals surface area contributed by atoms with E-state index >= 15 is 0 Å². The lowest BCUT2D eigenvalue weighted by Crippen LogP contribution is -2.61. The van der Waals surface area contributed by atoms with Gasteiger partial charge in [-0.05, 0) is 22.3 Å². The highest BCUT2D eigenvalue weighted by atomic mass is 16.7. The molecular weight excluding hydrogens is 504 g/mol. The summed E-state index contributed by atoms with van der Waals surface area (Å²) in [5.74, 6) is 0. The van der Waals surface area contributed by atoms with Crippen molar-refractivity contribution >= 4 is 0 Å². The van der Waals surface area contributed by atoms with Crippen LogP contribution in [0.4, 0.5) is 0 Å². The molecule has 208 valence electrons. The van der Waals surface area contributed by atoms with Crippen LogP contribution in [-0.4, -0.2) is 42.4 Å². The van der Waals surface area contributed by atoms with E-state index in [9.17, 15) is 5.11 Å². The predicted molar refractivity (Wildman–Crippen MR) is 152 cm³/mol. The summed E-state index contributed by atoms with van der Waals surface area (Å²) in [7, 11) is 0. The molecular formula is C34H36O6. The Kier molecular flexibility index (Phi) is 10.5. The molecule has 1 saturated heterocycles. The molecule has 6 nitrogen and oxygen atoms in total. The molecule has 1 N–H and O–H groups in total. The third kappa shape index (κ3) is 7.86. The average molecular weight is 541 g/mol. The number of hydrogen-bond acceptors (Lipinski definition) is 6. The van der Waals surface area contributed by atoms with Gasteiger partial charge < -0.3 is 28.8 Å². The van der Waals surface area contributed by atoms with Crippen molar-refractivity contribution in [3.05, 3.63) is 144 Å². The fourth-order valence-electron chi connectivity index (χ4n) is 4.78. The lowest BCUT2D eigenvalue weighted by molar-refractivity contribution is -0.329. The van der Waals surface area contributed by atoms with E-state index in [1.54, 1.807) is 0 Å². The zero-order valence-corrected chi connectivity index (χ0v) is 22.5.